The first-order chi connectivity index (χ1) is 52.7. The van der Waals surface area contributed by atoms with E-state index in [0.29, 0.717) is 78.2 Å². The van der Waals surface area contributed by atoms with E-state index in [-0.39, 0.29) is 110 Å². The Morgan fingerprint density at radius 1 is 0.413 bits per heavy atom. The third kappa shape index (κ3) is 12.9. The number of ketones is 4. The molecule has 0 saturated carbocycles. The quantitative estimate of drug-likeness (QED) is 0.0209. The average Bonchev–Trinajstić information content (AvgIpc) is 0.712. The minimum Gasteiger partial charge on any atom is -0.424 e. The summed E-state index contributed by atoms with van der Waals surface area (Å²) in [7, 11) is -0.466. The van der Waals surface area contributed by atoms with Gasteiger partial charge in [0.1, 0.15) is 16.4 Å². The lowest BCUT2D eigenvalue weighted by Gasteiger charge is -2.26. The van der Waals surface area contributed by atoms with E-state index in [1.807, 2.05) is 63.2 Å². The van der Waals surface area contributed by atoms with Crippen LogP contribution in [0.4, 0.5) is 57.9 Å². The van der Waals surface area contributed by atoms with Crippen LogP contribution in [0.3, 0.4) is 0 Å². The highest BCUT2D eigenvalue weighted by atomic mass is 32.2. The monoisotopic (exact) mass is 1460 g/mol. The zero-order valence-corrected chi connectivity index (χ0v) is 59.8. The van der Waals surface area contributed by atoms with Crippen LogP contribution >= 0.6 is 0 Å². The van der Waals surface area contributed by atoms with Crippen LogP contribution in [-0.2, 0) is 28.4 Å². The van der Waals surface area contributed by atoms with Gasteiger partial charge in [0.15, 0.2) is 23.1 Å². The van der Waals surface area contributed by atoms with E-state index >= 15 is 4.79 Å². The molecule has 16 rings (SSSR count). The number of ether oxygens (including phenoxy) is 2. The topological polar surface area (TPSA) is 324 Å². The fourth-order valence-corrected chi connectivity index (χ4v) is 14.5. The number of aryl methyl sites for hydroxylation is 5. The van der Waals surface area contributed by atoms with Crippen molar-refractivity contribution in [3.05, 3.63) is 300 Å². The Hall–Kier alpha value is -14.3. The normalized spacial score (nSPS) is 11.9. The molecule has 4 heterocycles. The van der Waals surface area contributed by atoms with Crippen LogP contribution in [0.2, 0.25) is 0 Å². The number of anilines is 10. The highest BCUT2D eigenvalue weighted by molar-refractivity contribution is 7.87. The van der Waals surface area contributed by atoms with E-state index in [1.165, 1.54) is 34.4 Å². The number of hydrogen-bond acceptors (Lipinski definition) is 23. The van der Waals surface area contributed by atoms with E-state index < -0.39 is 38.6 Å². The molecule has 534 valence electrons. The molecule has 0 spiro atoms. The van der Waals surface area contributed by atoms with Crippen molar-refractivity contribution in [3.8, 4) is 45.8 Å². The molecule has 27 heteroatoms. The molecule has 0 bridgehead atoms. The molecule has 0 unspecified atom stereocenters. The van der Waals surface area contributed by atoms with Gasteiger partial charge in [-0.3, -0.25) is 33.0 Å². The molecule has 0 amide bonds. The molecule has 4 aromatic heterocycles. The standard InChI is InChI=1S/C82H61BN14O11S/c1-43-19-17-21-46(39-43)71(98)69-63-52-27-13-15-29-54(52)73(100)65-56(34-36-60(67(63)65)96(4)75(69)102)86-58-41-48(32-31-45(58)3)84-77-88-79(92-81(90-77)107-50-23-9-7-10-24-50)94-83-95-80-89-78(91-82(93-80)108-51-25-11-8-12-26-51)85-49-33-38-62(109(104,105)106-6)59(42-49)87-57-35-37-61-68-64(53-28-14-16-30-55(53)74(101)66(57)68)70(76(103)97(61)5)72(99)47-22-18-20-44(2)40-47/h7-42,83,86-87H,1-6H3,(H2,84,88,90,92,94)(H2,85,89,91,93,95). The van der Waals surface area contributed by atoms with Crippen LogP contribution in [0.15, 0.2) is 233 Å². The van der Waals surface area contributed by atoms with Crippen LogP contribution in [0.25, 0.3) is 44.1 Å². The second kappa shape index (κ2) is 28.0. The Morgan fingerprint density at radius 2 is 0.835 bits per heavy atom. The summed E-state index contributed by atoms with van der Waals surface area (Å²) in [5.74, 6) is -0.933. The number of hydrogen-bond donors (Lipinski definition) is 6. The van der Waals surface area contributed by atoms with Gasteiger partial charge in [0.25, 0.3) is 21.2 Å². The third-order valence-electron chi connectivity index (χ3n) is 18.9. The molecule has 10 aromatic carbocycles. The highest BCUT2D eigenvalue weighted by Gasteiger charge is 2.37. The smallest absolute Gasteiger partial charge is 0.356 e. The Kier molecular flexibility index (Phi) is 17.7. The van der Waals surface area contributed by atoms with Crippen molar-refractivity contribution < 1.29 is 41.3 Å². The largest absolute Gasteiger partial charge is 0.424 e. The van der Waals surface area contributed by atoms with E-state index in [4.69, 9.17) is 18.6 Å². The summed E-state index contributed by atoms with van der Waals surface area (Å²) >= 11 is 0. The maximum atomic E-state index is 15.0. The number of aromatic nitrogens is 8. The second-order valence-electron chi connectivity index (χ2n) is 25.9. The lowest BCUT2D eigenvalue weighted by atomic mass is 9.80. The first kappa shape index (κ1) is 69.1. The average molecular weight is 1460 g/mol. The van der Waals surface area contributed by atoms with E-state index in [9.17, 15) is 32.4 Å². The molecule has 0 radical (unpaired) electrons. The van der Waals surface area contributed by atoms with Gasteiger partial charge in [-0.05, 0) is 128 Å². The Morgan fingerprint density at radius 3 is 1.29 bits per heavy atom. The number of para-hydroxylation sites is 2. The molecule has 0 atom stereocenters. The minimum absolute atomic E-state index is 0.0249. The molecule has 0 aliphatic heterocycles. The first-order valence-electron chi connectivity index (χ1n) is 34.2. The third-order valence-corrected chi connectivity index (χ3v) is 20.2. The molecule has 0 saturated heterocycles. The van der Waals surface area contributed by atoms with Crippen molar-refractivity contribution in [2.24, 2.45) is 14.1 Å². The SMILES string of the molecule is COS(=O)(=O)c1ccc(Nc2nc(NBNc3nc(Nc4ccc(C)c(Nc5ccc6c7c5C(=O)c5ccccc5-c7c(C(=O)c5cccc(C)c5)c(=O)n6C)c4)nc(Oc4ccccc4)n3)nc(Oc3ccccc3)n2)cc1Nc1ccc2c3c1C(=O)c1ccccc1-c3c(C(=O)c1cccc(C)c1)c(=O)n2C. The molecule has 14 aromatic rings. The molecule has 25 nitrogen and oxygen atoms in total. The summed E-state index contributed by atoms with van der Waals surface area (Å²) in [5.41, 5.74) is 7.01. The van der Waals surface area contributed by atoms with Crippen molar-refractivity contribution in [3.63, 3.8) is 0 Å². The van der Waals surface area contributed by atoms with Crippen molar-refractivity contribution in [2.45, 2.75) is 25.7 Å². The van der Waals surface area contributed by atoms with Gasteiger partial charge in [0.2, 0.25) is 23.8 Å². The van der Waals surface area contributed by atoms with Gasteiger partial charge < -0.3 is 50.3 Å². The number of benzene rings is 10. The number of pyridine rings is 2. The van der Waals surface area contributed by atoms with Gasteiger partial charge in [-0.25, -0.2) is 0 Å². The number of carbonyl (C=O) groups is 4. The predicted octanol–water partition coefficient (Wildman–Crippen LogP) is 14.3. The summed E-state index contributed by atoms with van der Waals surface area (Å²) in [5, 5.41) is 20.2. The zero-order chi connectivity index (χ0) is 75.5. The lowest BCUT2D eigenvalue weighted by molar-refractivity contribution is 0.102. The number of fused-ring (bicyclic) bond motifs is 4. The van der Waals surface area contributed by atoms with Gasteiger partial charge in [-0.15, -0.1) is 0 Å². The predicted molar refractivity (Wildman–Crippen MR) is 417 cm³/mol. The van der Waals surface area contributed by atoms with E-state index in [1.54, 1.807) is 165 Å². The lowest BCUT2D eigenvalue weighted by Crippen LogP contribution is -2.29. The number of nitrogens with one attached hydrogen (secondary N) is 6. The Labute approximate surface area is 622 Å². The molecular weight excluding hydrogens is 1400 g/mol. The Balaban J connectivity index is 0.706. The summed E-state index contributed by atoms with van der Waals surface area (Å²) in [6, 6.07) is 61.6. The summed E-state index contributed by atoms with van der Waals surface area (Å²) in [4.78, 5) is 116. The molecule has 2 aliphatic carbocycles. The highest BCUT2D eigenvalue weighted by Crippen LogP contribution is 2.47. The van der Waals surface area contributed by atoms with E-state index in [0.717, 1.165) is 23.8 Å². The zero-order valence-electron chi connectivity index (χ0n) is 59.0. The molecule has 109 heavy (non-hydrogen) atoms. The van der Waals surface area contributed by atoms with Gasteiger partial charge in [0.05, 0.1) is 57.5 Å². The molecule has 0 fully saturated rings. The van der Waals surface area contributed by atoms with Crippen molar-refractivity contribution in [1.82, 2.24) is 39.0 Å². The van der Waals surface area contributed by atoms with Crippen molar-refractivity contribution >= 4 is 121 Å². The molecule has 6 N–H and O–H groups in total. The van der Waals surface area contributed by atoms with Crippen LogP contribution in [0, 0.1) is 20.8 Å². The first-order valence-corrected chi connectivity index (χ1v) is 35.7. The fraction of sp³-hybridized carbons (Fsp3) is 0.0732. The molecular formula is C82H61BN14O11S. The minimum atomic E-state index is -4.48. The van der Waals surface area contributed by atoms with Crippen LogP contribution in [0.1, 0.15) is 80.4 Å². The summed E-state index contributed by atoms with van der Waals surface area (Å²) in [6.07, 6.45) is 0. The van der Waals surface area contributed by atoms with Gasteiger partial charge in [0, 0.05) is 75.3 Å². The van der Waals surface area contributed by atoms with Crippen LogP contribution < -0.4 is 52.3 Å². The maximum absolute atomic E-state index is 15.0. The van der Waals surface area contributed by atoms with Gasteiger partial charge in [-0.1, -0.05) is 139 Å². The maximum Gasteiger partial charge on any atom is 0.356 e. The Bertz CT molecular complexity index is 6460. The summed E-state index contributed by atoms with van der Waals surface area (Å²) in [6.45, 7) is 5.62. The van der Waals surface area contributed by atoms with Gasteiger partial charge in [-0.2, -0.15) is 38.3 Å². The van der Waals surface area contributed by atoms with Crippen LogP contribution in [0.5, 0.6) is 23.5 Å². The number of rotatable bonds is 22. The second-order valence-corrected chi connectivity index (χ2v) is 27.6. The fourth-order valence-electron chi connectivity index (χ4n) is 13.7. The molecule has 2 aliphatic rings. The van der Waals surface area contributed by atoms with Crippen LogP contribution in [-0.4, -0.2) is 85.2 Å². The van der Waals surface area contributed by atoms with Crippen molar-refractivity contribution in [2.75, 3.05) is 38.8 Å². The van der Waals surface area contributed by atoms with Gasteiger partial charge >= 0.3 is 19.6 Å². The van der Waals surface area contributed by atoms with E-state index in [2.05, 4.69) is 56.6 Å². The number of carbonyl (C=O) groups excluding carboxylic acids is 4. The number of nitrogens with zero attached hydrogens (tertiary/aromatic N) is 8. The van der Waals surface area contributed by atoms with Crippen molar-refractivity contribution in [1.29, 1.82) is 0 Å². The summed E-state index contributed by atoms with van der Waals surface area (Å²) < 4.78 is 47.9.